The van der Waals surface area contributed by atoms with Gasteiger partial charge >= 0.3 is 5.97 Å². The first kappa shape index (κ1) is 23.1. The summed E-state index contributed by atoms with van der Waals surface area (Å²) in [6.07, 6.45) is 1.46. The van der Waals surface area contributed by atoms with E-state index in [1.807, 2.05) is 74.5 Å². The van der Waals surface area contributed by atoms with Gasteiger partial charge in [-0.15, -0.1) is 0 Å². The minimum absolute atomic E-state index is 0.160. The van der Waals surface area contributed by atoms with E-state index in [1.165, 1.54) is 0 Å². The van der Waals surface area contributed by atoms with Crippen LogP contribution in [0.5, 0.6) is 0 Å². The first-order valence-corrected chi connectivity index (χ1v) is 10.3. The summed E-state index contributed by atoms with van der Waals surface area (Å²) in [5.41, 5.74) is 1.86. The summed E-state index contributed by atoms with van der Waals surface area (Å²) < 4.78 is 0. The molecule has 0 saturated carbocycles. The number of carbonyl (C=O) groups excluding carboxylic acids is 2. The van der Waals surface area contributed by atoms with Crippen LogP contribution in [-0.2, 0) is 27.2 Å². The number of aliphatic carboxylic acids is 1. The van der Waals surface area contributed by atoms with Crippen LogP contribution >= 0.6 is 0 Å². The molecule has 0 radical (unpaired) electrons. The van der Waals surface area contributed by atoms with E-state index in [0.29, 0.717) is 19.3 Å². The molecule has 0 aliphatic rings. The minimum atomic E-state index is -1.11. The number of carbonyl (C=O) groups is 3. The Morgan fingerprint density at radius 3 is 1.93 bits per heavy atom. The van der Waals surface area contributed by atoms with Crippen molar-refractivity contribution in [1.29, 1.82) is 0 Å². The lowest BCUT2D eigenvalue weighted by Gasteiger charge is -2.22. The van der Waals surface area contributed by atoms with Gasteiger partial charge in [-0.1, -0.05) is 74.5 Å². The Labute approximate surface area is 177 Å². The number of carboxylic acid groups (broad SMARTS) is 1. The number of hydrogen-bond acceptors (Lipinski definition) is 3. The number of benzene rings is 2. The van der Waals surface area contributed by atoms with Crippen molar-refractivity contribution in [3.63, 3.8) is 0 Å². The smallest absolute Gasteiger partial charge is 0.326 e. The molecule has 160 valence electrons. The molecule has 0 heterocycles. The van der Waals surface area contributed by atoms with Gasteiger partial charge in [0, 0.05) is 12.8 Å². The third-order valence-electron chi connectivity index (χ3n) is 4.71. The molecule has 0 aliphatic carbocycles. The van der Waals surface area contributed by atoms with Crippen LogP contribution in [0.1, 0.15) is 37.8 Å². The van der Waals surface area contributed by atoms with Crippen LogP contribution < -0.4 is 10.6 Å². The Morgan fingerprint density at radius 2 is 1.40 bits per heavy atom. The van der Waals surface area contributed by atoms with Crippen molar-refractivity contribution in [1.82, 2.24) is 10.6 Å². The molecule has 2 aromatic rings. The van der Waals surface area contributed by atoms with E-state index in [2.05, 4.69) is 10.6 Å². The normalized spacial score (nSPS) is 12.8. The third-order valence-corrected chi connectivity index (χ3v) is 4.71. The molecule has 2 atom stereocenters. The van der Waals surface area contributed by atoms with Crippen LogP contribution in [0.25, 0.3) is 0 Å². The van der Waals surface area contributed by atoms with Crippen molar-refractivity contribution in [2.75, 3.05) is 0 Å². The van der Waals surface area contributed by atoms with Crippen molar-refractivity contribution in [3.05, 3.63) is 71.8 Å². The maximum absolute atomic E-state index is 12.9. The fourth-order valence-electron chi connectivity index (χ4n) is 3.17. The molecule has 6 nitrogen and oxygen atoms in total. The zero-order valence-electron chi connectivity index (χ0n) is 17.5. The van der Waals surface area contributed by atoms with E-state index >= 15 is 0 Å². The summed E-state index contributed by atoms with van der Waals surface area (Å²) in [6.45, 7) is 3.86. The van der Waals surface area contributed by atoms with E-state index in [1.54, 1.807) is 0 Å². The number of hydrogen-bond donors (Lipinski definition) is 3. The predicted octanol–water partition coefficient (Wildman–Crippen LogP) is 2.96. The predicted molar refractivity (Wildman–Crippen MR) is 116 cm³/mol. The highest BCUT2D eigenvalue weighted by Gasteiger charge is 2.26. The second-order valence-corrected chi connectivity index (χ2v) is 7.83. The van der Waals surface area contributed by atoms with Gasteiger partial charge in [-0.3, -0.25) is 9.59 Å². The average Bonchev–Trinajstić information content (AvgIpc) is 2.71. The lowest BCUT2D eigenvalue weighted by atomic mass is 10.0. The lowest BCUT2D eigenvalue weighted by Crippen LogP contribution is -2.52. The Morgan fingerprint density at radius 1 is 0.833 bits per heavy atom. The quantitative estimate of drug-likeness (QED) is 0.531. The standard InChI is InChI=1S/C24H30N2O4/c1-17(2)15-22(27)25-20(14-13-18-9-5-3-6-10-18)23(28)26-21(24(29)30)16-19-11-7-4-8-12-19/h3-12,17,20-21H,13-16H2,1-2H3,(H,25,27)(H,26,28)(H,29,30)/t20-,21-/m0/s1. The SMILES string of the molecule is CC(C)CC(=O)N[C@@H](CCc1ccccc1)C(=O)N[C@@H](Cc1ccccc1)C(=O)O. The molecule has 0 spiro atoms. The molecule has 2 rings (SSSR count). The second kappa shape index (κ2) is 11.8. The summed E-state index contributed by atoms with van der Waals surface area (Å²) in [7, 11) is 0. The van der Waals surface area contributed by atoms with Gasteiger partial charge < -0.3 is 15.7 Å². The number of nitrogens with one attached hydrogen (secondary N) is 2. The van der Waals surface area contributed by atoms with Gasteiger partial charge in [0.2, 0.25) is 11.8 Å². The van der Waals surface area contributed by atoms with E-state index < -0.39 is 24.0 Å². The highest BCUT2D eigenvalue weighted by molar-refractivity contribution is 5.90. The summed E-state index contributed by atoms with van der Waals surface area (Å²) in [4.78, 5) is 36.9. The van der Waals surface area contributed by atoms with Gasteiger partial charge in [0.1, 0.15) is 12.1 Å². The van der Waals surface area contributed by atoms with Crippen molar-refractivity contribution >= 4 is 17.8 Å². The largest absolute Gasteiger partial charge is 0.480 e. The molecule has 30 heavy (non-hydrogen) atoms. The zero-order valence-corrected chi connectivity index (χ0v) is 17.5. The molecule has 3 N–H and O–H groups in total. The first-order valence-electron chi connectivity index (χ1n) is 10.3. The van der Waals surface area contributed by atoms with Crippen LogP contribution in [0.15, 0.2) is 60.7 Å². The Kier molecular flexibility index (Phi) is 9.06. The lowest BCUT2D eigenvalue weighted by molar-refractivity contribution is -0.142. The van der Waals surface area contributed by atoms with Gasteiger partial charge in [-0.05, 0) is 29.9 Å². The van der Waals surface area contributed by atoms with E-state index in [4.69, 9.17) is 0 Å². The summed E-state index contributed by atoms with van der Waals surface area (Å²) >= 11 is 0. The Hall–Kier alpha value is -3.15. The first-order chi connectivity index (χ1) is 14.3. The van der Waals surface area contributed by atoms with Crippen LogP contribution in [0.3, 0.4) is 0 Å². The highest BCUT2D eigenvalue weighted by Crippen LogP contribution is 2.09. The minimum Gasteiger partial charge on any atom is -0.480 e. The van der Waals surface area contributed by atoms with Gasteiger partial charge in [0.05, 0.1) is 0 Å². The molecule has 0 bridgehead atoms. The maximum Gasteiger partial charge on any atom is 0.326 e. The summed E-state index contributed by atoms with van der Waals surface area (Å²) in [5.74, 6) is -1.64. The molecule has 6 heteroatoms. The second-order valence-electron chi connectivity index (χ2n) is 7.83. The maximum atomic E-state index is 12.9. The molecule has 0 aliphatic heterocycles. The molecule has 2 aromatic carbocycles. The molecule has 0 saturated heterocycles. The molecule has 0 aromatic heterocycles. The zero-order chi connectivity index (χ0) is 21.9. The molecule has 0 unspecified atom stereocenters. The van der Waals surface area contributed by atoms with Crippen molar-refractivity contribution < 1.29 is 19.5 Å². The number of aryl methyl sites for hydroxylation is 1. The fourth-order valence-corrected chi connectivity index (χ4v) is 3.17. The number of rotatable bonds is 11. The topological polar surface area (TPSA) is 95.5 Å². The molecule has 2 amide bonds. The van der Waals surface area contributed by atoms with E-state index in [-0.39, 0.29) is 18.2 Å². The van der Waals surface area contributed by atoms with Crippen molar-refractivity contribution in [2.24, 2.45) is 5.92 Å². The third kappa shape index (κ3) is 8.07. The summed E-state index contributed by atoms with van der Waals surface area (Å²) in [5, 5.41) is 15.0. The van der Waals surface area contributed by atoms with Gasteiger partial charge in [0.25, 0.3) is 0 Å². The van der Waals surface area contributed by atoms with Crippen LogP contribution in [-0.4, -0.2) is 35.0 Å². The average molecular weight is 411 g/mol. The van der Waals surface area contributed by atoms with Gasteiger partial charge in [-0.2, -0.15) is 0 Å². The van der Waals surface area contributed by atoms with Gasteiger partial charge in [-0.25, -0.2) is 4.79 Å². The molecular formula is C24H30N2O4. The van der Waals surface area contributed by atoms with E-state index in [9.17, 15) is 19.5 Å². The Bertz CT molecular complexity index is 822. The number of carboxylic acids is 1. The fraction of sp³-hybridized carbons (Fsp3) is 0.375. The summed E-state index contributed by atoms with van der Waals surface area (Å²) in [6, 6.07) is 16.9. The van der Waals surface area contributed by atoms with Crippen molar-refractivity contribution in [2.45, 2.75) is 51.6 Å². The van der Waals surface area contributed by atoms with Crippen LogP contribution in [0.2, 0.25) is 0 Å². The molecular weight excluding hydrogens is 380 g/mol. The van der Waals surface area contributed by atoms with Crippen LogP contribution in [0.4, 0.5) is 0 Å². The molecule has 0 fully saturated rings. The number of amides is 2. The van der Waals surface area contributed by atoms with Gasteiger partial charge in [0.15, 0.2) is 0 Å². The van der Waals surface area contributed by atoms with E-state index in [0.717, 1.165) is 11.1 Å². The Balaban J connectivity index is 2.08. The monoisotopic (exact) mass is 410 g/mol. The van der Waals surface area contributed by atoms with Crippen molar-refractivity contribution in [3.8, 4) is 0 Å². The highest BCUT2D eigenvalue weighted by atomic mass is 16.4. The van der Waals surface area contributed by atoms with Crippen LogP contribution in [0, 0.1) is 5.92 Å².